The molecule has 0 fully saturated rings. The van der Waals surface area contributed by atoms with Gasteiger partial charge in [0.1, 0.15) is 0 Å². The molecule has 0 atom stereocenters. The van der Waals surface area contributed by atoms with Crippen molar-refractivity contribution in [2.45, 2.75) is 24.8 Å². The zero-order chi connectivity index (χ0) is 19.1. The maximum Gasteiger partial charge on any atom is 0.249 e. The first-order valence-corrected chi connectivity index (χ1v) is 11.0. The van der Waals surface area contributed by atoms with Gasteiger partial charge in [-0.25, -0.2) is 0 Å². The molecule has 0 saturated carbocycles. The number of rotatable bonds is 8. The third-order valence-electron chi connectivity index (χ3n) is 3.86. The van der Waals surface area contributed by atoms with E-state index in [2.05, 4.69) is 4.99 Å². The van der Waals surface area contributed by atoms with E-state index in [4.69, 9.17) is 16.3 Å². The monoisotopic (exact) mass is 420 g/mol. The average Bonchev–Trinajstić information content (AvgIpc) is 3.01. The maximum atomic E-state index is 12.4. The summed E-state index contributed by atoms with van der Waals surface area (Å²) in [7, 11) is 0. The molecule has 4 nitrogen and oxygen atoms in total. The molecule has 27 heavy (non-hydrogen) atoms. The molecule has 0 spiro atoms. The van der Waals surface area contributed by atoms with Gasteiger partial charge in [-0.1, -0.05) is 47.2 Å². The molecule has 0 bridgehead atoms. The van der Waals surface area contributed by atoms with Gasteiger partial charge in [0, 0.05) is 30.2 Å². The Morgan fingerprint density at radius 1 is 1.22 bits per heavy atom. The molecule has 0 aliphatic heterocycles. The second kappa shape index (κ2) is 10.1. The van der Waals surface area contributed by atoms with Crippen LogP contribution < -0.4 is 4.80 Å². The molecule has 3 aromatic rings. The summed E-state index contributed by atoms with van der Waals surface area (Å²) in [6, 6.07) is 15.8. The lowest BCUT2D eigenvalue weighted by atomic mass is 10.3. The second-order valence-corrected chi connectivity index (χ2v) is 8.32. The standard InChI is InChI=1S/C20H21ClN2O2S2/c1-2-25-13-12-23-19-16(21)9-6-10-17(19)27-20(23)22-18(24)11-14-26-15-7-4-3-5-8-15/h3-10H,2,11-14H2,1H3. The zero-order valence-corrected chi connectivity index (χ0v) is 17.4. The Kier molecular flexibility index (Phi) is 7.52. The maximum absolute atomic E-state index is 12.4. The van der Waals surface area contributed by atoms with E-state index in [0.29, 0.717) is 41.8 Å². The number of benzene rings is 2. The van der Waals surface area contributed by atoms with Crippen molar-refractivity contribution >= 4 is 50.8 Å². The highest BCUT2D eigenvalue weighted by molar-refractivity contribution is 7.99. The molecule has 0 aliphatic carbocycles. The van der Waals surface area contributed by atoms with Crippen molar-refractivity contribution in [3.8, 4) is 0 Å². The van der Waals surface area contributed by atoms with Gasteiger partial charge in [-0.3, -0.25) is 4.79 Å². The molecular weight excluding hydrogens is 400 g/mol. The molecule has 142 valence electrons. The van der Waals surface area contributed by atoms with E-state index in [1.165, 1.54) is 11.3 Å². The number of carbonyl (C=O) groups is 1. The quantitative estimate of drug-likeness (QED) is 0.380. The van der Waals surface area contributed by atoms with Crippen molar-refractivity contribution in [2.75, 3.05) is 19.0 Å². The first kappa shape index (κ1) is 20.1. The van der Waals surface area contributed by atoms with Crippen LogP contribution in [0, 0.1) is 0 Å². The van der Waals surface area contributed by atoms with Crippen LogP contribution in [0.4, 0.5) is 0 Å². The second-order valence-electron chi connectivity index (χ2n) is 5.74. The van der Waals surface area contributed by atoms with Crippen molar-refractivity contribution in [1.29, 1.82) is 0 Å². The molecule has 0 saturated heterocycles. The number of ether oxygens (including phenoxy) is 1. The molecule has 1 amide bonds. The molecule has 0 N–H and O–H groups in total. The minimum atomic E-state index is -0.119. The molecule has 7 heteroatoms. The van der Waals surface area contributed by atoms with Crippen molar-refractivity contribution < 1.29 is 9.53 Å². The highest BCUT2D eigenvalue weighted by Gasteiger charge is 2.11. The van der Waals surface area contributed by atoms with E-state index in [0.717, 1.165) is 15.1 Å². The van der Waals surface area contributed by atoms with Crippen molar-refractivity contribution in [2.24, 2.45) is 4.99 Å². The third kappa shape index (κ3) is 5.45. The smallest absolute Gasteiger partial charge is 0.249 e. The largest absolute Gasteiger partial charge is 0.380 e. The van der Waals surface area contributed by atoms with Crippen LogP contribution in [-0.2, 0) is 16.1 Å². The van der Waals surface area contributed by atoms with Crippen LogP contribution in [-0.4, -0.2) is 29.4 Å². The van der Waals surface area contributed by atoms with Crippen molar-refractivity contribution in [1.82, 2.24) is 4.57 Å². The number of fused-ring (bicyclic) bond motifs is 1. The molecule has 2 aromatic carbocycles. The van der Waals surface area contributed by atoms with E-state index in [1.807, 2.05) is 60.0 Å². The average molecular weight is 421 g/mol. The Balaban J connectivity index is 1.78. The molecular formula is C20H21ClN2O2S2. The molecule has 1 heterocycles. The predicted octanol–water partition coefficient (Wildman–Crippen LogP) is 5.00. The van der Waals surface area contributed by atoms with E-state index < -0.39 is 0 Å². The van der Waals surface area contributed by atoms with Gasteiger partial charge in [-0.05, 0) is 31.2 Å². The summed E-state index contributed by atoms with van der Waals surface area (Å²) >= 11 is 9.54. The van der Waals surface area contributed by atoms with Gasteiger partial charge in [0.25, 0.3) is 0 Å². The summed E-state index contributed by atoms with van der Waals surface area (Å²) < 4.78 is 8.48. The number of aromatic nitrogens is 1. The van der Waals surface area contributed by atoms with Crippen LogP contribution in [0.5, 0.6) is 0 Å². The summed E-state index contributed by atoms with van der Waals surface area (Å²) in [5, 5.41) is 0.661. The number of hydrogen-bond donors (Lipinski definition) is 0. The number of halogens is 1. The summed E-state index contributed by atoms with van der Waals surface area (Å²) in [5.41, 5.74) is 0.911. The molecule has 0 aliphatic rings. The van der Waals surface area contributed by atoms with Crippen LogP contribution >= 0.6 is 34.7 Å². The third-order valence-corrected chi connectivity index (χ3v) is 6.23. The molecule has 0 unspecified atom stereocenters. The summed E-state index contributed by atoms with van der Waals surface area (Å²) in [4.78, 5) is 18.6. The van der Waals surface area contributed by atoms with E-state index in [9.17, 15) is 4.79 Å². The minimum absolute atomic E-state index is 0.119. The van der Waals surface area contributed by atoms with Gasteiger partial charge in [0.05, 0.1) is 21.8 Å². The van der Waals surface area contributed by atoms with Crippen LogP contribution in [0.1, 0.15) is 13.3 Å². The van der Waals surface area contributed by atoms with Crippen molar-refractivity contribution in [3.63, 3.8) is 0 Å². The van der Waals surface area contributed by atoms with Gasteiger partial charge in [0.2, 0.25) is 5.91 Å². The topological polar surface area (TPSA) is 43.6 Å². The van der Waals surface area contributed by atoms with Crippen LogP contribution in [0.3, 0.4) is 0 Å². The van der Waals surface area contributed by atoms with Gasteiger partial charge >= 0.3 is 0 Å². The van der Waals surface area contributed by atoms with E-state index in [1.54, 1.807) is 11.8 Å². The predicted molar refractivity (Wildman–Crippen MR) is 114 cm³/mol. The number of hydrogen-bond acceptors (Lipinski definition) is 4. The van der Waals surface area contributed by atoms with E-state index in [-0.39, 0.29) is 5.91 Å². The Morgan fingerprint density at radius 2 is 2.04 bits per heavy atom. The molecule has 3 rings (SSSR count). The summed E-state index contributed by atoms with van der Waals surface area (Å²) in [6.45, 7) is 3.78. The SMILES string of the molecule is CCOCCn1c(=NC(=O)CCSc2ccccc2)sc2cccc(Cl)c21. The number of thiazole rings is 1. The fourth-order valence-electron chi connectivity index (χ4n) is 2.62. The first-order chi connectivity index (χ1) is 13.2. The minimum Gasteiger partial charge on any atom is -0.380 e. The van der Waals surface area contributed by atoms with E-state index >= 15 is 0 Å². The van der Waals surface area contributed by atoms with Crippen LogP contribution in [0.2, 0.25) is 5.02 Å². The van der Waals surface area contributed by atoms with Gasteiger partial charge in [-0.15, -0.1) is 11.8 Å². The fraction of sp³-hybridized carbons (Fsp3) is 0.300. The fourth-order valence-corrected chi connectivity index (χ4v) is 4.91. The Hall–Kier alpha value is -1.60. The zero-order valence-electron chi connectivity index (χ0n) is 15.1. The first-order valence-electron chi connectivity index (χ1n) is 8.80. The highest BCUT2D eigenvalue weighted by atomic mass is 35.5. The Morgan fingerprint density at radius 3 is 2.81 bits per heavy atom. The summed E-state index contributed by atoms with van der Waals surface area (Å²) in [6.07, 6.45) is 0.396. The number of carbonyl (C=O) groups excluding carboxylic acids is 1. The number of thioether (sulfide) groups is 1. The number of amides is 1. The normalized spacial score (nSPS) is 12.0. The van der Waals surface area contributed by atoms with Crippen LogP contribution in [0.25, 0.3) is 10.2 Å². The highest BCUT2D eigenvalue weighted by Crippen LogP contribution is 2.25. The molecule has 0 radical (unpaired) electrons. The lowest BCUT2D eigenvalue weighted by Gasteiger charge is -2.06. The Bertz CT molecular complexity index is 967. The Labute approximate surface area is 171 Å². The number of nitrogens with zero attached hydrogens (tertiary/aromatic N) is 2. The van der Waals surface area contributed by atoms with Gasteiger partial charge in [-0.2, -0.15) is 4.99 Å². The van der Waals surface area contributed by atoms with Crippen molar-refractivity contribution in [3.05, 3.63) is 58.4 Å². The molecule has 1 aromatic heterocycles. The lowest BCUT2D eigenvalue weighted by Crippen LogP contribution is -2.20. The lowest BCUT2D eigenvalue weighted by molar-refractivity contribution is -0.117. The summed E-state index contributed by atoms with van der Waals surface area (Å²) in [5.74, 6) is 0.586. The van der Waals surface area contributed by atoms with Crippen LogP contribution in [0.15, 0.2) is 58.4 Å². The van der Waals surface area contributed by atoms with Gasteiger partial charge in [0.15, 0.2) is 4.80 Å². The number of para-hydroxylation sites is 1. The van der Waals surface area contributed by atoms with Gasteiger partial charge < -0.3 is 9.30 Å².